The topological polar surface area (TPSA) is 23.6 Å². The van der Waals surface area contributed by atoms with E-state index in [0.717, 1.165) is 51.0 Å². The first-order valence-corrected chi connectivity index (χ1v) is 12.1. The molecule has 1 unspecified atom stereocenters. The zero-order chi connectivity index (χ0) is 22.4. The van der Waals surface area contributed by atoms with Crippen LogP contribution in [0.4, 0.5) is 5.69 Å². The number of hydrogen-bond donors (Lipinski definition) is 0. The normalized spacial score (nSPS) is 21.2. The molecule has 2 aliphatic heterocycles. The Balaban J connectivity index is 0.000000689. The molecule has 2 aromatic rings. The molecule has 1 aliphatic carbocycles. The third kappa shape index (κ3) is 4.54. The highest BCUT2D eigenvalue weighted by Crippen LogP contribution is 2.49. The average Bonchev–Trinajstić information content (AvgIpc) is 3.06. The van der Waals surface area contributed by atoms with Gasteiger partial charge in [-0.2, -0.15) is 0 Å². The molecule has 3 nitrogen and oxygen atoms in total. The van der Waals surface area contributed by atoms with Gasteiger partial charge in [0.2, 0.25) is 5.91 Å². The molecule has 0 N–H and O–H groups in total. The van der Waals surface area contributed by atoms with Crippen molar-refractivity contribution in [3.8, 4) is 0 Å². The Bertz CT molecular complexity index is 918. The second kappa shape index (κ2) is 11.5. The number of carbonyl (C=O) groups excluding carboxylic acids is 1. The molecule has 1 atom stereocenters. The summed E-state index contributed by atoms with van der Waals surface area (Å²) in [6.07, 6.45) is 6.60. The molecule has 174 valence electrons. The number of carbonyl (C=O) groups is 1. The van der Waals surface area contributed by atoms with E-state index in [0.29, 0.717) is 5.91 Å². The van der Waals surface area contributed by atoms with Gasteiger partial charge in [0.1, 0.15) is 0 Å². The fraction of sp³-hybridized carbons (Fsp3) is 0.483. The van der Waals surface area contributed by atoms with E-state index in [-0.39, 0.29) is 12.8 Å². The maximum absolute atomic E-state index is 13.3. The van der Waals surface area contributed by atoms with Crippen LogP contribution in [0.2, 0.25) is 0 Å². The highest BCUT2D eigenvalue weighted by Gasteiger charge is 2.52. The smallest absolute Gasteiger partial charge is 0.238 e. The summed E-state index contributed by atoms with van der Waals surface area (Å²) in [6, 6.07) is 17.1. The molecule has 0 bridgehead atoms. The van der Waals surface area contributed by atoms with E-state index < -0.39 is 0 Å². The third-order valence-corrected chi connectivity index (χ3v) is 6.66. The molecule has 3 aliphatic rings. The lowest BCUT2D eigenvalue weighted by Crippen LogP contribution is -2.49. The van der Waals surface area contributed by atoms with E-state index >= 15 is 0 Å². The summed E-state index contributed by atoms with van der Waals surface area (Å²) in [4.78, 5) is 17.7. The largest absolute Gasteiger partial charge is 0.314 e. The zero-order valence-corrected chi connectivity index (χ0v) is 19.9. The van der Waals surface area contributed by atoms with Crippen LogP contribution in [0.5, 0.6) is 0 Å². The Morgan fingerprint density at radius 2 is 1.66 bits per heavy atom. The number of hydrogen-bond acceptors (Lipinski definition) is 2. The van der Waals surface area contributed by atoms with Crippen LogP contribution < -0.4 is 4.90 Å². The summed E-state index contributed by atoms with van der Waals surface area (Å²) in [5.41, 5.74) is 6.27. The molecule has 0 saturated carbocycles. The van der Waals surface area contributed by atoms with Crippen LogP contribution in [0.15, 0.2) is 54.6 Å². The first kappa shape index (κ1) is 25.9. The van der Waals surface area contributed by atoms with E-state index in [2.05, 4.69) is 59.5 Å². The van der Waals surface area contributed by atoms with Crippen molar-refractivity contribution in [2.45, 2.75) is 66.2 Å². The predicted octanol–water partition coefficient (Wildman–Crippen LogP) is 6.71. The lowest BCUT2D eigenvalue weighted by atomic mass is 9.70. The molecule has 3 heteroatoms. The number of benzene rings is 2. The molecule has 5 rings (SSSR count). The Morgan fingerprint density at radius 3 is 2.31 bits per heavy atom. The molecular weight excluding hydrogens is 392 g/mol. The van der Waals surface area contributed by atoms with E-state index in [4.69, 9.17) is 0 Å². The van der Waals surface area contributed by atoms with Crippen molar-refractivity contribution in [1.82, 2.24) is 4.90 Å². The minimum atomic E-state index is -0.336. The highest BCUT2D eigenvalue weighted by atomic mass is 16.2. The van der Waals surface area contributed by atoms with Crippen LogP contribution in [0, 0.1) is 0 Å². The Labute approximate surface area is 196 Å². The fourth-order valence-corrected chi connectivity index (χ4v) is 5.35. The van der Waals surface area contributed by atoms with E-state index in [1.807, 2.05) is 39.6 Å². The van der Waals surface area contributed by atoms with E-state index in [9.17, 15) is 4.79 Å². The minimum Gasteiger partial charge on any atom is -0.314 e. The quantitative estimate of drug-likeness (QED) is 0.536. The Morgan fingerprint density at radius 1 is 0.938 bits per heavy atom. The Hall–Kier alpha value is -2.39. The number of amides is 1. The van der Waals surface area contributed by atoms with Crippen molar-refractivity contribution in [1.29, 1.82) is 0 Å². The van der Waals surface area contributed by atoms with Gasteiger partial charge in [-0.3, -0.25) is 9.69 Å². The second-order valence-electron chi connectivity index (χ2n) is 8.19. The van der Waals surface area contributed by atoms with Gasteiger partial charge in [0.05, 0.1) is 5.41 Å². The van der Waals surface area contributed by atoms with Gasteiger partial charge in [-0.1, -0.05) is 83.7 Å². The van der Waals surface area contributed by atoms with Gasteiger partial charge in [-0.05, 0) is 54.0 Å². The molecule has 0 saturated heterocycles. The Kier molecular flexibility index (Phi) is 9.27. The maximum atomic E-state index is 13.3. The molecule has 0 aromatic heterocycles. The zero-order valence-electron chi connectivity index (χ0n) is 19.9. The lowest BCUT2D eigenvalue weighted by Gasteiger charge is -2.39. The predicted molar refractivity (Wildman–Crippen MR) is 139 cm³/mol. The summed E-state index contributed by atoms with van der Waals surface area (Å²) in [5, 5.41) is 0. The maximum Gasteiger partial charge on any atom is 0.238 e. The lowest BCUT2D eigenvalue weighted by molar-refractivity contribution is -0.124. The molecule has 0 radical (unpaired) electrons. The molecule has 0 spiro atoms. The van der Waals surface area contributed by atoms with Crippen LogP contribution in [0.3, 0.4) is 0 Å². The number of likely N-dealkylation sites (N-methyl/N-ethyl adjacent to an activating group) is 1. The molecule has 2 heterocycles. The summed E-state index contributed by atoms with van der Waals surface area (Å²) < 4.78 is 0. The summed E-state index contributed by atoms with van der Waals surface area (Å²) in [5.74, 6) is 0.294. The monoisotopic (exact) mass is 434 g/mol. The average molecular weight is 435 g/mol. The van der Waals surface area contributed by atoms with Crippen molar-refractivity contribution in [3.63, 3.8) is 0 Å². The van der Waals surface area contributed by atoms with Crippen LogP contribution in [0.25, 0.3) is 5.57 Å². The molecule has 0 fully saturated rings. The summed E-state index contributed by atoms with van der Waals surface area (Å²) in [7, 11) is 1.95. The van der Waals surface area contributed by atoms with Crippen LogP contribution in [-0.2, 0) is 16.6 Å². The van der Waals surface area contributed by atoms with Gasteiger partial charge in [0.25, 0.3) is 0 Å². The van der Waals surface area contributed by atoms with Gasteiger partial charge < -0.3 is 4.90 Å². The molecule has 2 aromatic carbocycles. The van der Waals surface area contributed by atoms with Gasteiger partial charge in [-0.25, -0.2) is 0 Å². The van der Waals surface area contributed by atoms with E-state index in [1.54, 1.807) is 0 Å². The van der Waals surface area contributed by atoms with Crippen LogP contribution >= 0.6 is 0 Å². The van der Waals surface area contributed by atoms with Crippen molar-refractivity contribution in [3.05, 3.63) is 71.3 Å². The van der Waals surface area contributed by atoms with E-state index in [1.165, 1.54) is 22.3 Å². The fourth-order valence-electron chi connectivity index (χ4n) is 5.35. The minimum absolute atomic E-state index is 0. The van der Waals surface area contributed by atoms with Gasteiger partial charge in [0, 0.05) is 32.4 Å². The molecule has 32 heavy (non-hydrogen) atoms. The van der Waals surface area contributed by atoms with Crippen molar-refractivity contribution < 1.29 is 4.79 Å². The van der Waals surface area contributed by atoms with Crippen molar-refractivity contribution >= 4 is 17.2 Å². The van der Waals surface area contributed by atoms with Gasteiger partial charge in [-0.15, -0.1) is 0 Å². The number of anilines is 1. The van der Waals surface area contributed by atoms with Gasteiger partial charge in [0.15, 0.2) is 0 Å². The standard InChI is InChI=1S/C24H26N2O.2C2H6.CH4/c1-25-21-11-5-9-20-10-6-14-24(22(20)21,23(25)27)17-26-15-12-19(13-16-26)18-7-3-2-4-8-18;2*1-2;/h2-5,7-9,11-12H,6,10,13-17H2,1H3;2*1-2H3;1H4. The van der Waals surface area contributed by atoms with Crippen molar-refractivity contribution in [2.75, 3.05) is 31.6 Å². The first-order valence-electron chi connectivity index (χ1n) is 12.1. The summed E-state index contributed by atoms with van der Waals surface area (Å²) >= 11 is 0. The number of nitrogens with zero attached hydrogens (tertiary/aromatic N) is 2. The first-order chi connectivity index (χ1) is 15.2. The van der Waals surface area contributed by atoms with Crippen LogP contribution in [0.1, 0.15) is 71.1 Å². The summed E-state index contributed by atoms with van der Waals surface area (Å²) in [6.45, 7) is 10.8. The second-order valence-corrected chi connectivity index (χ2v) is 8.19. The van der Waals surface area contributed by atoms with Crippen LogP contribution in [-0.4, -0.2) is 37.5 Å². The van der Waals surface area contributed by atoms with Gasteiger partial charge >= 0.3 is 0 Å². The van der Waals surface area contributed by atoms with Crippen molar-refractivity contribution in [2.24, 2.45) is 0 Å². The highest BCUT2D eigenvalue weighted by molar-refractivity contribution is 6.08. The number of rotatable bonds is 3. The third-order valence-electron chi connectivity index (χ3n) is 6.66. The SMILES string of the molecule is C.CC.CC.CN1C(=O)C2(CN3CC=C(c4ccccc4)CC3)CCCc3cccc1c32. The molecular formula is C29H42N2O. The molecule has 1 amide bonds. The number of aryl methyl sites for hydroxylation is 1.